The van der Waals surface area contributed by atoms with E-state index in [1.165, 1.54) is 5.56 Å². The van der Waals surface area contributed by atoms with Crippen LogP contribution in [0.15, 0.2) is 28.7 Å². The molecule has 3 N–H and O–H groups in total. The van der Waals surface area contributed by atoms with Crippen LogP contribution in [0.1, 0.15) is 18.9 Å². The fraction of sp³-hybridized carbons (Fsp3) is 0.462. The number of rotatable bonds is 6. The van der Waals surface area contributed by atoms with Crippen LogP contribution in [0.3, 0.4) is 0 Å². The highest BCUT2D eigenvalue weighted by molar-refractivity contribution is 9.10. The third kappa shape index (κ3) is 6.99. The molecule has 3 nitrogen and oxygen atoms in total. The number of halogens is 2. The number of hydrogen-bond acceptors (Lipinski definition) is 2. The number of nitrogens with one attached hydrogen (secondary N) is 1. The largest absolute Gasteiger partial charge is 0.356 e. The molecule has 102 valence electrons. The summed E-state index contributed by atoms with van der Waals surface area (Å²) in [5.74, 6) is 0.430. The number of carbonyl (C=O) groups excluding carboxylic acids is 1. The molecule has 1 aromatic rings. The Bertz CT molecular complexity index is 357. The zero-order chi connectivity index (χ0) is 12.7. The molecule has 1 rings (SSSR count). The van der Waals surface area contributed by atoms with Gasteiger partial charge in [0.25, 0.3) is 0 Å². The second-order valence-corrected chi connectivity index (χ2v) is 5.19. The van der Waals surface area contributed by atoms with Crippen LogP contribution in [0, 0.1) is 5.92 Å². The van der Waals surface area contributed by atoms with Crippen LogP contribution in [0.25, 0.3) is 0 Å². The molecule has 0 bridgehead atoms. The van der Waals surface area contributed by atoms with Crippen molar-refractivity contribution in [3.8, 4) is 0 Å². The zero-order valence-corrected chi connectivity index (χ0v) is 12.9. The van der Waals surface area contributed by atoms with Crippen molar-refractivity contribution in [2.24, 2.45) is 11.7 Å². The topological polar surface area (TPSA) is 55.1 Å². The Kier molecular flexibility index (Phi) is 9.06. The number of nitrogens with two attached hydrogens (primary N) is 1. The summed E-state index contributed by atoms with van der Waals surface area (Å²) in [7, 11) is 0. The van der Waals surface area contributed by atoms with Gasteiger partial charge in [0.15, 0.2) is 0 Å². The van der Waals surface area contributed by atoms with E-state index in [0.717, 1.165) is 10.9 Å². The van der Waals surface area contributed by atoms with E-state index in [4.69, 9.17) is 5.73 Å². The van der Waals surface area contributed by atoms with Gasteiger partial charge in [0.1, 0.15) is 0 Å². The van der Waals surface area contributed by atoms with Crippen molar-refractivity contribution in [3.05, 3.63) is 34.3 Å². The van der Waals surface area contributed by atoms with Crippen molar-refractivity contribution in [1.82, 2.24) is 5.32 Å². The molecule has 0 radical (unpaired) electrons. The van der Waals surface area contributed by atoms with Gasteiger partial charge in [-0.25, -0.2) is 0 Å². The molecule has 1 atom stereocenters. The second kappa shape index (κ2) is 9.36. The van der Waals surface area contributed by atoms with Gasteiger partial charge in [-0.15, -0.1) is 12.4 Å². The van der Waals surface area contributed by atoms with Crippen molar-refractivity contribution < 1.29 is 4.79 Å². The predicted molar refractivity (Wildman–Crippen MR) is 80.9 cm³/mol. The first-order valence-corrected chi connectivity index (χ1v) is 6.62. The van der Waals surface area contributed by atoms with Gasteiger partial charge >= 0.3 is 0 Å². The molecule has 0 heterocycles. The molecule has 5 heteroatoms. The average Bonchev–Trinajstić information content (AvgIpc) is 2.35. The van der Waals surface area contributed by atoms with Gasteiger partial charge in [0.2, 0.25) is 5.91 Å². The monoisotopic (exact) mass is 334 g/mol. The van der Waals surface area contributed by atoms with Crippen LogP contribution in [0.2, 0.25) is 0 Å². The number of benzene rings is 1. The number of amides is 1. The Balaban J connectivity index is 0.00000289. The quantitative estimate of drug-likeness (QED) is 0.839. The average molecular weight is 336 g/mol. The highest BCUT2D eigenvalue weighted by Gasteiger charge is 2.04. The van der Waals surface area contributed by atoms with Crippen LogP contribution >= 0.6 is 28.3 Å². The molecule has 0 aliphatic carbocycles. The summed E-state index contributed by atoms with van der Waals surface area (Å²) in [6.45, 7) is 3.29. The maximum Gasteiger partial charge on any atom is 0.220 e. The van der Waals surface area contributed by atoms with E-state index in [9.17, 15) is 4.79 Å². The Morgan fingerprint density at radius 1 is 1.39 bits per heavy atom. The van der Waals surface area contributed by atoms with E-state index in [1.54, 1.807) is 0 Å². The van der Waals surface area contributed by atoms with Crippen LogP contribution in [-0.4, -0.2) is 19.0 Å². The lowest BCUT2D eigenvalue weighted by Gasteiger charge is -2.09. The first kappa shape index (κ1) is 17.4. The first-order chi connectivity index (χ1) is 8.11. The highest BCUT2D eigenvalue weighted by Crippen LogP contribution is 2.11. The summed E-state index contributed by atoms with van der Waals surface area (Å²) in [6, 6.07) is 8.03. The fourth-order valence-electron chi connectivity index (χ4n) is 1.37. The Hall–Kier alpha value is -0.580. The number of aryl methyl sites for hydroxylation is 1. The van der Waals surface area contributed by atoms with Gasteiger partial charge in [-0.2, -0.15) is 0 Å². The van der Waals surface area contributed by atoms with Gasteiger partial charge < -0.3 is 11.1 Å². The summed E-state index contributed by atoms with van der Waals surface area (Å²) < 4.78 is 1.06. The Morgan fingerprint density at radius 3 is 2.56 bits per heavy atom. The van der Waals surface area contributed by atoms with Crippen molar-refractivity contribution in [2.45, 2.75) is 19.8 Å². The molecule has 1 aromatic carbocycles. The molecule has 0 aliphatic rings. The summed E-state index contributed by atoms with van der Waals surface area (Å²) in [4.78, 5) is 11.5. The lowest BCUT2D eigenvalue weighted by molar-refractivity contribution is -0.121. The lowest BCUT2D eigenvalue weighted by Crippen LogP contribution is -2.31. The smallest absolute Gasteiger partial charge is 0.220 e. The van der Waals surface area contributed by atoms with E-state index >= 15 is 0 Å². The molecule has 18 heavy (non-hydrogen) atoms. The van der Waals surface area contributed by atoms with E-state index in [-0.39, 0.29) is 18.3 Å². The van der Waals surface area contributed by atoms with Gasteiger partial charge in [-0.1, -0.05) is 35.0 Å². The maximum atomic E-state index is 11.5. The standard InChI is InChI=1S/C13H19BrN2O.ClH/c1-10(8-15)9-16-13(17)7-4-11-2-5-12(14)6-3-11;/h2-3,5-6,10H,4,7-9,15H2,1H3,(H,16,17);1H. The molecule has 0 saturated heterocycles. The SMILES string of the molecule is CC(CN)CNC(=O)CCc1ccc(Br)cc1.Cl. The molecule has 1 unspecified atom stereocenters. The van der Waals surface area contributed by atoms with Crippen LogP contribution in [0.5, 0.6) is 0 Å². The van der Waals surface area contributed by atoms with Gasteiger partial charge in [-0.3, -0.25) is 4.79 Å². The van der Waals surface area contributed by atoms with Crippen molar-refractivity contribution >= 4 is 34.2 Å². The van der Waals surface area contributed by atoms with Crippen molar-refractivity contribution in [3.63, 3.8) is 0 Å². The minimum Gasteiger partial charge on any atom is -0.356 e. The van der Waals surface area contributed by atoms with E-state index in [1.807, 2.05) is 31.2 Å². The minimum atomic E-state index is 0. The van der Waals surface area contributed by atoms with Crippen LogP contribution < -0.4 is 11.1 Å². The molecule has 0 fully saturated rings. The van der Waals surface area contributed by atoms with Crippen molar-refractivity contribution in [2.75, 3.05) is 13.1 Å². The minimum absolute atomic E-state index is 0. The summed E-state index contributed by atoms with van der Waals surface area (Å²) >= 11 is 3.38. The highest BCUT2D eigenvalue weighted by atomic mass is 79.9. The molecule has 0 aliphatic heterocycles. The van der Waals surface area contributed by atoms with Gasteiger partial charge in [0.05, 0.1) is 0 Å². The Labute approximate surface area is 123 Å². The number of carbonyl (C=O) groups is 1. The summed E-state index contributed by atoms with van der Waals surface area (Å²) in [6.07, 6.45) is 1.30. The van der Waals surface area contributed by atoms with Crippen LogP contribution in [0.4, 0.5) is 0 Å². The normalized spacial score (nSPS) is 11.5. The molecule has 0 saturated carbocycles. The van der Waals surface area contributed by atoms with E-state index < -0.39 is 0 Å². The van der Waals surface area contributed by atoms with E-state index in [2.05, 4.69) is 21.2 Å². The van der Waals surface area contributed by atoms with Gasteiger partial charge in [-0.05, 0) is 36.6 Å². The molecular weight excluding hydrogens is 316 g/mol. The fourth-order valence-corrected chi connectivity index (χ4v) is 1.63. The summed E-state index contributed by atoms with van der Waals surface area (Å²) in [5.41, 5.74) is 6.66. The van der Waals surface area contributed by atoms with Gasteiger partial charge in [0, 0.05) is 17.4 Å². The van der Waals surface area contributed by atoms with E-state index in [0.29, 0.717) is 25.4 Å². The molecule has 0 spiro atoms. The maximum absolute atomic E-state index is 11.5. The molecule has 1 amide bonds. The molecule has 0 aromatic heterocycles. The first-order valence-electron chi connectivity index (χ1n) is 5.83. The molecular formula is C13H20BrClN2O. The zero-order valence-electron chi connectivity index (χ0n) is 10.5. The second-order valence-electron chi connectivity index (χ2n) is 4.27. The summed E-state index contributed by atoms with van der Waals surface area (Å²) in [5, 5.41) is 2.89. The lowest BCUT2D eigenvalue weighted by atomic mass is 10.1. The Morgan fingerprint density at radius 2 is 2.00 bits per heavy atom. The third-order valence-corrected chi connectivity index (χ3v) is 3.13. The number of hydrogen-bond donors (Lipinski definition) is 2. The van der Waals surface area contributed by atoms with Crippen LogP contribution in [-0.2, 0) is 11.2 Å². The van der Waals surface area contributed by atoms with Crippen molar-refractivity contribution in [1.29, 1.82) is 0 Å². The predicted octanol–water partition coefficient (Wildman–Crippen LogP) is 2.51. The third-order valence-electron chi connectivity index (χ3n) is 2.60.